The van der Waals surface area contributed by atoms with Crippen LogP contribution in [0.5, 0.6) is 0 Å². The summed E-state index contributed by atoms with van der Waals surface area (Å²) < 4.78 is 31.5. The maximum atomic E-state index is 13.0. The Morgan fingerprint density at radius 1 is 1.12 bits per heavy atom. The Hall–Kier alpha value is -2.51. The van der Waals surface area contributed by atoms with Crippen molar-refractivity contribution in [1.82, 2.24) is 0 Å². The molecular formula is C16H12ClNO5S. The smallest absolute Gasteiger partial charge is 0.359 e. The van der Waals surface area contributed by atoms with Crippen molar-refractivity contribution < 1.29 is 23.1 Å². The number of ether oxygens (including phenoxy) is 1. The van der Waals surface area contributed by atoms with E-state index in [1.54, 1.807) is 18.2 Å². The molecule has 0 aromatic heterocycles. The molecule has 0 saturated heterocycles. The Morgan fingerprint density at radius 3 is 2.42 bits per heavy atom. The van der Waals surface area contributed by atoms with Gasteiger partial charge in [-0.05, 0) is 24.3 Å². The lowest BCUT2D eigenvalue weighted by Gasteiger charge is -2.31. The van der Waals surface area contributed by atoms with E-state index in [2.05, 4.69) is 4.74 Å². The van der Waals surface area contributed by atoms with Gasteiger partial charge in [-0.1, -0.05) is 35.9 Å². The Morgan fingerprint density at radius 2 is 1.75 bits per heavy atom. The van der Waals surface area contributed by atoms with Gasteiger partial charge in [0.2, 0.25) is 0 Å². The fraction of sp³-hybridized carbons (Fsp3) is 0.0625. The molecule has 1 aliphatic heterocycles. The summed E-state index contributed by atoms with van der Waals surface area (Å²) in [6.45, 7) is 0. The molecule has 2 aromatic carbocycles. The van der Waals surface area contributed by atoms with Gasteiger partial charge in [-0.3, -0.25) is 0 Å². The van der Waals surface area contributed by atoms with Crippen LogP contribution in [-0.4, -0.2) is 26.6 Å². The van der Waals surface area contributed by atoms with Crippen LogP contribution in [0.4, 0.5) is 5.69 Å². The molecule has 8 heteroatoms. The molecule has 3 rings (SSSR count). The summed E-state index contributed by atoms with van der Waals surface area (Å²) in [5, 5.41) is 10.6. The molecule has 0 saturated carbocycles. The van der Waals surface area contributed by atoms with E-state index in [-0.39, 0.29) is 21.2 Å². The minimum absolute atomic E-state index is 0.0289. The lowest BCUT2D eigenvalue weighted by atomic mass is 10.1. The first-order valence-electron chi connectivity index (χ1n) is 6.80. The third kappa shape index (κ3) is 2.33. The molecule has 2 aromatic rings. The zero-order chi connectivity index (χ0) is 17.5. The number of methoxy groups -OCH3 is 1. The number of aliphatic hydroxyl groups is 1. The monoisotopic (exact) mass is 365 g/mol. The molecule has 0 amide bonds. The second-order valence-corrected chi connectivity index (χ2v) is 7.07. The molecule has 1 heterocycles. The Labute approximate surface area is 143 Å². The van der Waals surface area contributed by atoms with Crippen LogP contribution in [0.15, 0.2) is 59.1 Å². The van der Waals surface area contributed by atoms with Crippen LogP contribution in [0.1, 0.15) is 5.56 Å². The van der Waals surface area contributed by atoms with Gasteiger partial charge in [0, 0.05) is 5.56 Å². The molecule has 124 valence electrons. The second kappa shape index (κ2) is 5.85. The zero-order valence-corrected chi connectivity index (χ0v) is 14.0. The molecule has 0 unspecified atom stereocenters. The molecule has 0 atom stereocenters. The van der Waals surface area contributed by atoms with E-state index in [0.29, 0.717) is 4.31 Å². The van der Waals surface area contributed by atoms with Crippen molar-refractivity contribution in [3.8, 4) is 0 Å². The maximum absolute atomic E-state index is 13.0. The van der Waals surface area contributed by atoms with Gasteiger partial charge in [0.1, 0.15) is 0 Å². The van der Waals surface area contributed by atoms with Crippen molar-refractivity contribution in [2.24, 2.45) is 0 Å². The number of esters is 1. The highest BCUT2D eigenvalue weighted by molar-refractivity contribution is 7.93. The van der Waals surface area contributed by atoms with E-state index < -0.39 is 27.4 Å². The van der Waals surface area contributed by atoms with Gasteiger partial charge in [0.25, 0.3) is 10.0 Å². The summed E-state index contributed by atoms with van der Waals surface area (Å²) in [6, 6.07) is 12.0. The predicted octanol–water partition coefficient (Wildman–Crippen LogP) is 2.95. The number of halogens is 1. The normalized spacial score (nSPS) is 15.8. The molecule has 1 N–H and O–H groups in total. The molecule has 0 aliphatic carbocycles. The van der Waals surface area contributed by atoms with Gasteiger partial charge >= 0.3 is 5.97 Å². The number of carbonyl (C=O) groups excluding carboxylic acids is 1. The molecule has 0 fully saturated rings. The highest BCUT2D eigenvalue weighted by Crippen LogP contribution is 2.41. The van der Waals surface area contributed by atoms with E-state index in [9.17, 15) is 18.3 Å². The summed E-state index contributed by atoms with van der Waals surface area (Å²) in [5.41, 5.74) is -0.439. The summed E-state index contributed by atoms with van der Waals surface area (Å²) >= 11 is 6.11. The van der Waals surface area contributed by atoms with Crippen molar-refractivity contribution in [3.05, 3.63) is 64.8 Å². The lowest BCUT2D eigenvalue weighted by Crippen LogP contribution is -2.38. The number of fused-ring (bicyclic) bond motifs is 1. The number of benzene rings is 2. The number of hydrogen-bond donors (Lipinski definition) is 1. The van der Waals surface area contributed by atoms with Crippen LogP contribution in [0.3, 0.4) is 0 Å². The van der Waals surface area contributed by atoms with E-state index in [1.807, 2.05) is 0 Å². The molecule has 0 radical (unpaired) electrons. The van der Waals surface area contributed by atoms with Crippen LogP contribution in [0, 0.1) is 0 Å². The van der Waals surface area contributed by atoms with E-state index in [1.165, 1.54) is 30.3 Å². The molecule has 0 spiro atoms. The number of aliphatic hydroxyl groups excluding tert-OH is 1. The van der Waals surface area contributed by atoms with Gasteiger partial charge in [-0.15, -0.1) is 0 Å². The van der Waals surface area contributed by atoms with Crippen molar-refractivity contribution in [3.63, 3.8) is 0 Å². The van der Waals surface area contributed by atoms with Crippen LogP contribution in [0.2, 0.25) is 5.02 Å². The van der Waals surface area contributed by atoms with Crippen molar-refractivity contribution in [2.75, 3.05) is 11.4 Å². The van der Waals surface area contributed by atoms with E-state index >= 15 is 0 Å². The van der Waals surface area contributed by atoms with Gasteiger partial charge in [0.05, 0.1) is 22.7 Å². The molecule has 6 nitrogen and oxygen atoms in total. The number of sulfonamides is 1. The van der Waals surface area contributed by atoms with Crippen molar-refractivity contribution in [2.45, 2.75) is 4.90 Å². The molecule has 1 aliphatic rings. The van der Waals surface area contributed by atoms with Gasteiger partial charge in [0.15, 0.2) is 11.5 Å². The SMILES string of the molecule is COC(=O)C1=C(O)c2ccccc2S(=O)(=O)N1c1ccccc1Cl. The average Bonchev–Trinajstić information content (AvgIpc) is 2.58. The fourth-order valence-electron chi connectivity index (χ4n) is 2.47. The first-order valence-corrected chi connectivity index (χ1v) is 8.62. The van der Waals surface area contributed by atoms with Crippen LogP contribution in [-0.2, 0) is 19.6 Å². The molecule has 24 heavy (non-hydrogen) atoms. The first kappa shape index (κ1) is 16.4. The van der Waals surface area contributed by atoms with Crippen molar-refractivity contribution >= 4 is 39.0 Å². The number of rotatable bonds is 2. The fourth-order valence-corrected chi connectivity index (χ4v) is 4.45. The van der Waals surface area contributed by atoms with Gasteiger partial charge in [-0.25, -0.2) is 17.5 Å². The summed E-state index contributed by atoms with van der Waals surface area (Å²) in [4.78, 5) is 12.1. The van der Waals surface area contributed by atoms with Gasteiger partial charge in [-0.2, -0.15) is 0 Å². The predicted molar refractivity (Wildman–Crippen MR) is 89.1 cm³/mol. The highest BCUT2D eigenvalue weighted by atomic mass is 35.5. The third-order valence-electron chi connectivity index (χ3n) is 3.54. The van der Waals surface area contributed by atoms with Crippen LogP contribution < -0.4 is 4.31 Å². The Balaban J connectivity index is 2.41. The van der Waals surface area contributed by atoms with Crippen molar-refractivity contribution in [1.29, 1.82) is 0 Å². The topological polar surface area (TPSA) is 83.9 Å². The minimum Gasteiger partial charge on any atom is -0.505 e. The lowest BCUT2D eigenvalue weighted by molar-refractivity contribution is -0.136. The summed E-state index contributed by atoms with van der Waals surface area (Å²) in [6.07, 6.45) is 0. The first-order chi connectivity index (χ1) is 11.4. The third-order valence-corrected chi connectivity index (χ3v) is 5.63. The Kier molecular flexibility index (Phi) is 3.98. The van der Waals surface area contributed by atoms with E-state index in [4.69, 9.17) is 11.6 Å². The second-order valence-electron chi connectivity index (χ2n) is 4.91. The van der Waals surface area contributed by atoms with Crippen LogP contribution >= 0.6 is 11.6 Å². The number of nitrogens with zero attached hydrogens (tertiary/aromatic N) is 1. The zero-order valence-electron chi connectivity index (χ0n) is 12.4. The summed E-state index contributed by atoms with van der Waals surface area (Å²) in [5.74, 6) is -1.49. The molecular weight excluding hydrogens is 354 g/mol. The van der Waals surface area contributed by atoms with Gasteiger partial charge < -0.3 is 9.84 Å². The standard InChI is InChI=1S/C16H12ClNO5S/c1-23-16(20)14-15(19)10-6-2-5-9-13(10)24(21,22)18(14)12-8-4-3-7-11(12)17/h2-9,19H,1H3. The highest BCUT2D eigenvalue weighted by Gasteiger charge is 2.42. The molecule has 0 bridgehead atoms. The Bertz CT molecular complexity index is 968. The average molecular weight is 366 g/mol. The summed E-state index contributed by atoms with van der Waals surface area (Å²) in [7, 11) is -3.07. The number of carbonyl (C=O) groups is 1. The minimum atomic E-state index is -4.17. The number of hydrogen-bond acceptors (Lipinski definition) is 5. The largest absolute Gasteiger partial charge is 0.505 e. The maximum Gasteiger partial charge on any atom is 0.359 e. The van der Waals surface area contributed by atoms with Crippen LogP contribution in [0.25, 0.3) is 5.76 Å². The quantitative estimate of drug-likeness (QED) is 0.827. The number of para-hydroxylation sites is 1. The number of anilines is 1. The van der Waals surface area contributed by atoms with E-state index in [0.717, 1.165) is 7.11 Å².